The number of hydrogen-bond donors (Lipinski definition) is 1. The van der Waals surface area contributed by atoms with Crippen molar-refractivity contribution in [2.24, 2.45) is 17.6 Å². The molecule has 2 aromatic rings. The predicted octanol–water partition coefficient (Wildman–Crippen LogP) is 1.64. The smallest absolute Gasteiger partial charge is 0.170 e. The molecule has 1 aliphatic carbocycles. The number of halogens is 1. The van der Waals surface area contributed by atoms with Gasteiger partial charge < -0.3 is 5.73 Å². The number of benzene rings is 1. The predicted molar refractivity (Wildman–Crippen MR) is 90.5 cm³/mol. The number of nitrogens with two attached hydrogens (primary N) is 1. The Morgan fingerprint density at radius 3 is 2.74 bits per heavy atom. The Bertz CT molecular complexity index is 631. The van der Waals surface area contributed by atoms with Crippen LogP contribution in [0.2, 0.25) is 0 Å². The average Bonchev–Trinajstić information content (AvgIpc) is 3.16. The Labute approximate surface area is 142 Å². The van der Waals surface area contributed by atoms with Gasteiger partial charge in [0, 0.05) is 19.1 Å². The van der Waals surface area contributed by atoms with Crippen LogP contribution in [0.5, 0.6) is 0 Å². The summed E-state index contributed by atoms with van der Waals surface area (Å²) in [6, 6.07) is 10.4. The van der Waals surface area contributed by atoms with Crippen LogP contribution in [0, 0.1) is 11.8 Å². The molecule has 2 heterocycles. The summed E-state index contributed by atoms with van der Waals surface area (Å²) in [5.41, 5.74) is 7.31. The van der Waals surface area contributed by atoms with E-state index in [1.807, 2.05) is 35.0 Å². The molecule has 1 aromatic carbocycles. The summed E-state index contributed by atoms with van der Waals surface area (Å²) in [7, 11) is 0. The second-order valence-corrected chi connectivity index (χ2v) is 6.56. The molecule has 6 nitrogen and oxygen atoms in total. The van der Waals surface area contributed by atoms with Crippen molar-refractivity contribution in [3.8, 4) is 5.69 Å². The van der Waals surface area contributed by atoms with Gasteiger partial charge in [0.2, 0.25) is 0 Å². The fourth-order valence-electron chi connectivity index (χ4n) is 4.01. The highest BCUT2D eigenvalue weighted by Crippen LogP contribution is 2.35. The first-order valence-corrected chi connectivity index (χ1v) is 8.12. The largest absolute Gasteiger partial charge is 0.327 e. The summed E-state index contributed by atoms with van der Waals surface area (Å²) in [6.07, 6.45) is 3.77. The zero-order chi connectivity index (χ0) is 14.9. The zero-order valence-corrected chi connectivity index (χ0v) is 13.9. The average molecular weight is 335 g/mol. The Morgan fingerprint density at radius 2 is 1.96 bits per heavy atom. The summed E-state index contributed by atoms with van der Waals surface area (Å²) in [6.45, 7) is 3.00. The molecule has 1 saturated carbocycles. The van der Waals surface area contributed by atoms with Crippen molar-refractivity contribution in [1.82, 2.24) is 25.1 Å². The van der Waals surface area contributed by atoms with E-state index < -0.39 is 0 Å². The maximum atomic E-state index is 6.30. The Hall–Kier alpha value is -1.50. The number of rotatable bonds is 3. The fourth-order valence-corrected chi connectivity index (χ4v) is 4.01. The third-order valence-electron chi connectivity index (χ3n) is 5.13. The first-order chi connectivity index (χ1) is 10.8. The fraction of sp³-hybridized carbons (Fsp3) is 0.562. The van der Waals surface area contributed by atoms with Gasteiger partial charge in [-0.3, -0.25) is 4.90 Å². The van der Waals surface area contributed by atoms with Gasteiger partial charge in [0.15, 0.2) is 5.82 Å². The van der Waals surface area contributed by atoms with Gasteiger partial charge in [0.1, 0.15) is 0 Å². The SMILES string of the molecule is Cl.NC1CCCC2CN(Cc3nnnn3-c3ccccc3)CC12. The topological polar surface area (TPSA) is 72.9 Å². The first-order valence-electron chi connectivity index (χ1n) is 8.12. The van der Waals surface area contributed by atoms with Crippen LogP contribution in [0.1, 0.15) is 25.1 Å². The van der Waals surface area contributed by atoms with Gasteiger partial charge in [-0.1, -0.05) is 24.6 Å². The van der Waals surface area contributed by atoms with Crippen molar-refractivity contribution < 1.29 is 0 Å². The van der Waals surface area contributed by atoms with E-state index in [4.69, 9.17) is 5.73 Å². The lowest BCUT2D eigenvalue weighted by Crippen LogP contribution is -2.38. The van der Waals surface area contributed by atoms with E-state index in [0.717, 1.165) is 37.1 Å². The molecule has 124 valence electrons. The molecule has 3 atom stereocenters. The molecule has 4 rings (SSSR count). The second kappa shape index (κ2) is 6.95. The molecule has 1 saturated heterocycles. The Morgan fingerprint density at radius 1 is 1.13 bits per heavy atom. The lowest BCUT2D eigenvalue weighted by atomic mass is 9.78. The van der Waals surface area contributed by atoms with Crippen LogP contribution >= 0.6 is 12.4 Å². The van der Waals surface area contributed by atoms with E-state index in [2.05, 4.69) is 20.4 Å². The molecule has 2 N–H and O–H groups in total. The minimum atomic E-state index is 0. The third-order valence-corrected chi connectivity index (χ3v) is 5.13. The van der Waals surface area contributed by atoms with Gasteiger partial charge in [-0.15, -0.1) is 17.5 Å². The lowest BCUT2D eigenvalue weighted by molar-refractivity contribution is 0.259. The molecule has 2 aliphatic rings. The molecular weight excluding hydrogens is 312 g/mol. The molecular formula is C16H23ClN6. The number of nitrogens with zero attached hydrogens (tertiary/aromatic N) is 5. The number of para-hydroxylation sites is 1. The summed E-state index contributed by atoms with van der Waals surface area (Å²) < 4.78 is 1.84. The van der Waals surface area contributed by atoms with Gasteiger partial charge in [0.05, 0.1) is 12.2 Å². The third kappa shape index (κ3) is 3.24. The summed E-state index contributed by atoms with van der Waals surface area (Å²) >= 11 is 0. The van der Waals surface area contributed by atoms with E-state index >= 15 is 0 Å². The van der Waals surface area contributed by atoms with Crippen LogP contribution in [-0.4, -0.2) is 44.2 Å². The van der Waals surface area contributed by atoms with E-state index in [1.54, 1.807) is 0 Å². The van der Waals surface area contributed by atoms with Gasteiger partial charge in [-0.25, -0.2) is 0 Å². The van der Waals surface area contributed by atoms with Gasteiger partial charge in [0.25, 0.3) is 0 Å². The van der Waals surface area contributed by atoms with Crippen molar-refractivity contribution in [3.05, 3.63) is 36.2 Å². The van der Waals surface area contributed by atoms with E-state index in [1.165, 1.54) is 19.3 Å². The maximum Gasteiger partial charge on any atom is 0.170 e. The molecule has 1 aromatic heterocycles. The first kappa shape index (κ1) is 16.4. The molecule has 23 heavy (non-hydrogen) atoms. The van der Waals surface area contributed by atoms with E-state index in [-0.39, 0.29) is 12.4 Å². The van der Waals surface area contributed by atoms with Crippen molar-refractivity contribution in [2.45, 2.75) is 31.8 Å². The van der Waals surface area contributed by atoms with E-state index in [0.29, 0.717) is 12.0 Å². The number of tetrazole rings is 1. The standard InChI is InChI=1S/C16H22N6.ClH/c17-15-8-4-5-12-9-21(10-14(12)15)11-16-18-19-20-22(16)13-6-2-1-3-7-13;/h1-3,6-7,12,14-15H,4-5,8-11,17H2;1H. The lowest BCUT2D eigenvalue weighted by Gasteiger charge is -2.29. The number of likely N-dealkylation sites (tertiary alicyclic amines) is 1. The molecule has 1 aliphatic heterocycles. The molecule has 0 amide bonds. The van der Waals surface area contributed by atoms with Crippen LogP contribution in [-0.2, 0) is 6.54 Å². The number of aromatic nitrogens is 4. The number of fused-ring (bicyclic) bond motifs is 1. The molecule has 3 unspecified atom stereocenters. The highest BCUT2D eigenvalue weighted by atomic mass is 35.5. The van der Waals surface area contributed by atoms with Crippen LogP contribution in [0.3, 0.4) is 0 Å². The van der Waals surface area contributed by atoms with Crippen LogP contribution in [0.25, 0.3) is 5.69 Å². The molecule has 7 heteroatoms. The Balaban J connectivity index is 0.00000156. The maximum absolute atomic E-state index is 6.30. The summed E-state index contributed by atoms with van der Waals surface area (Å²) in [4.78, 5) is 2.46. The number of hydrogen-bond acceptors (Lipinski definition) is 5. The van der Waals surface area contributed by atoms with Gasteiger partial charge >= 0.3 is 0 Å². The minimum absolute atomic E-state index is 0. The summed E-state index contributed by atoms with van der Waals surface area (Å²) in [5.74, 6) is 2.30. The van der Waals surface area contributed by atoms with Crippen molar-refractivity contribution >= 4 is 12.4 Å². The van der Waals surface area contributed by atoms with Crippen molar-refractivity contribution in [1.29, 1.82) is 0 Å². The minimum Gasteiger partial charge on any atom is -0.327 e. The normalized spacial score (nSPS) is 27.4. The molecule has 0 radical (unpaired) electrons. The van der Waals surface area contributed by atoms with Crippen LogP contribution < -0.4 is 5.73 Å². The van der Waals surface area contributed by atoms with Crippen LogP contribution in [0.4, 0.5) is 0 Å². The monoisotopic (exact) mass is 334 g/mol. The quantitative estimate of drug-likeness (QED) is 0.923. The van der Waals surface area contributed by atoms with Gasteiger partial charge in [-0.2, -0.15) is 4.68 Å². The van der Waals surface area contributed by atoms with E-state index in [9.17, 15) is 0 Å². The molecule has 2 fully saturated rings. The highest BCUT2D eigenvalue weighted by molar-refractivity contribution is 5.85. The molecule has 0 spiro atoms. The zero-order valence-electron chi connectivity index (χ0n) is 13.1. The molecule has 0 bridgehead atoms. The van der Waals surface area contributed by atoms with Crippen molar-refractivity contribution in [2.75, 3.05) is 13.1 Å². The summed E-state index contributed by atoms with van der Waals surface area (Å²) in [5, 5.41) is 12.2. The second-order valence-electron chi connectivity index (χ2n) is 6.56. The van der Waals surface area contributed by atoms with Gasteiger partial charge in [-0.05, 0) is 47.2 Å². The van der Waals surface area contributed by atoms with Crippen LogP contribution in [0.15, 0.2) is 30.3 Å². The van der Waals surface area contributed by atoms with Crippen molar-refractivity contribution in [3.63, 3.8) is 0 Å². The highest BCUT2D eigenvalue weighted by Gasteiger charge is 2.38. The Kier molecular flexibility index (Phi) is 4.94.